The van der Waals surface area contributed by atoms with Crippen LogP contribution in [0.1, 0.15) is 26.4 Å². The molecule has 0 N–H and O–H groups in total. The van der Waals surface area contributed by atoms with Gasteiger partial charge in [0.2, 0.25) is 0 Å². The maximum absolute atomic E-state index is 12.1. The fraction of sp³-hybridized carbons (Fsp3) is 0.150. The summed E-state index contributed by atoms with van der Waals surface area (Å²) >= 11 is 0. The molecule has 1 heterocycles. The van der Waals surface area contributed by atoms with E-state index in [-0.39, 0.29) is 6.61 Å². The predicted octanol–water partition coefficient (Wildman–Crippen LogP) is 3.49. The Labute approximate surface area is 155 Å². The second-order valence-electron chi connectivity index (χ2n) is 5.56. The van der Waals surface area contributed by atoms with Crippen molar-refractivity contribution in [3.8, 4) is 17.1 Å². The van der Waals surface area contributed by atoms with Crippen LogP contribution in [0.15, 0.2) is 59.1 Å². The number of aromatic nitrogens is 1. The molecule has 0 atom stereocenters. The van der Waals surface area contributed by atoms with Crippen LogP contribution in [0, 0.1) is 0 Å². The highest BCUT2D eigenvalue weighted by Crippen LogP contribution is 2.24. The van der Waals surface area contributed by atoms with Gasteiger partial charge in [0.05, 0.1) is 25.3 Å². The van der Waals surface area contributed by atoms with Gasteiger partial charge in [-0.3, -0.25) is 0 Å². The van der Waals surface area contributed by atoms with Crippen molar-refractivity contribution in [2.45, 2.75) is 6.61 Å². The summed E-state index contributed by atoms with van der Waals surface area (Å²) in [5, 5.41) is 3.91. The van der Waals surface area contributed by atoms with E-state index in [2.05, 4.69) is 9.89 Å². The number of esters is 2. The Morgan fingerprint density at radius 3 is 2.33 bits per heavy atom. The largest absolute Gasteiger partial charge is 0.497 e. The van der Waals surface area contributed by atoms with Crippen molar-refractivity contribution < 1.29 is 28.3 Å². The Kier molecular flexibility index (Phi) is 5.51. The van der Waals surface area contributed by atoms with E-state index in [0.29, 0.717) is 28.3 Å². The molecule has 7 heteroatoms. The minimum Gasteiger partial charge on any atom is -0.497 e. The zero-order valence-electron chi connectivity index (χ0n) is 14.8. The van der Waals surface area contributed by atoms with E-state index in [9.17, 15) is 9.59 Å². The van der Waals surface area contributed by atoms with Crippen molar-refractivity contribution in [1.29, 1.82) is 0 Å². The van der Waals surface area contributed by atoms with Gasteiger partial charge in [0, 0.05) is 11.6 Å². The van der Waals surface area contributed by atoms with Crippen LogP contribution in [0.25, 0.3) is 11.3 Å². The Hall–Kier alpha value is -3.61. The smallest absolute Gasteiger partial charge is 0.338 e. The lowest BCUT2D eigenvalue weighted by Crippen LogP contribution is -2.07. The monoisotopic (exact) mass is 367 g/mol. The van der Waals surface area contributed by atoms with Gasteiger partial charge in [-0.05, 0) is 36.4 Å². The molecule has 3 aromatic rings. The average Bonchev–Trinajstić information content (AvgIpc) is 3.20. The first-order valence-corrected chi connectivity index (χ1v) is 8.06. The summed E-state index contributed by atoms with van der Waals surface area (Å²) in [4.78, 5) is 23.5. The molecular formula is C20H17NO6. The quantitative estimate of drug-likeness (QED) is 0.616. The number of ether oxygens (including phenoxy) is 3. The molecular weight excluding hydrogens is 350 g/mol. The molecule has 0 aliphatic carbocycles. The van der Waals surface area contributed by atoms with Gasteiger partial charge in [-0.25, -0.2) is 9.59 Å². The highest BCUT2D eigenvalue weighted by atomic mass is 16.5. The molecule has 1 aromatic heterocycles. The summed E-state index contributed by atoms with van der Waals surface area (Å²) in [6, 6.07) is 15.0. The molecule has 0 aliphatic heterocycles. The number of benzene rings is 2. The fourth-order valence-electron chi connectivity index (χ4n) is 2.38. The third-order valence-corrected chi connectivity index (χ3v) is 3.81. The summed E-state index contributed by atoms with van der Waals surface area (Å²) in [7, 11) is 2.88. The van der Waals surface area contributed by atoms with Crippen molar-refractivity contribution in [2.75, 3.05) is 14.2 Å². The van der Waals surface area contributed by atoms with Crippen LogP contribution >= 0.6 is 0 Å². The summed E-state index contributed by atoms with van der Waals surface area (Å²) in [6.07, 6.45) is 0. The third-order valence-electron chi connectivity index (χ3n) is 3.81. The Morgan fingerprint density at radius 2 is 1.67 bits per heavy atom. The lowest BCUT2D eigenvalue weighted by molar-refractivity contribution is 0.0463. The normalized spacial score (nSPS) is 10.3. The van der Waals surface area contributed by atoms with Crippen molar-refractivity contribution in [3.05, 3.63) is 71.4 Å². The van der Waals surface area contributed by atoms with Crippen LogP contribution in [0.5, 0.6) is 5.75 Å². The van der Waals surface area contributed by atoms with E-state index < -0.39 is 11.9 Å². The number of nitrogens with zero attached hydrogens (tertiary/aromatic N) is 1. The molecule has 0 saturated carbocycles. The summed E-state index contributed by atoms with van der Waals surface area (Å²) in [6.45, 7) is -0.0367. The van der Waals surface area contributed by atoms with Gasteiger partial charge in [0.1, 0.15) is 18.1 Å². The van der Waals surface area contributed by atoms with E-state index in [4.69, 9.17) is 14.0 Å². The van der Waals surface area contributed by atoms with E-state index in [0.717, 1.165) is 5.56 Å². The van der Waals surface area contributed by atoms with Crippen LogP contribution in [-0.4, -0.2) is 31.3 Å². The maximum Gasteiger partial charge on any atom is 0.338 e. The van der Waals surface area contributed by atoms with Crippen molar-refractivity contribution in [1.82, 2.24) is 5.16 Å². The summed E-state index contributed by atoms with van der Waals surface area (Å²) in [5.74, 6) is 0.245. The minimum absolute atomic E-state index is 0.0367. The van der Waals surface area contributed by atoms with Gasteiger partial charge >= 0.3 is 11.9 Å². The molecule has 7 nitrogen and oxygen atoms in total. The minimum atomic E-state index is -0.530. The SMILES string of the molecule is COC(=O)c1ccc(C(=O)OCc2cc(-c3cccc(OC)c3)on2)cc1. The second-order valence-corrected chi connectivity index (χ2v) is 5.56. The molecule has 0 radical (unpaired) electrons. The molecule has 138 valence electrons. The van der Waals surface area contributed by atoms with Crippen LogP contribution in [0.3, 0.4) is 0 Å². The van der Waals surface area contributed by atoms with Crippen LogP contribution in [0.4, 0.5) is 0 Å². The van der Waals surface area contributed by atoms with Gasteiger partial charge in [-0.15, -0.1) is 0 Å². The number of carbonyl (C=O) groups excluding carboxylic acids is 2. The number of rotatable bonds is 6. The van der Waals surface area contributed by atoms with Crippen LogP contribution in [-0.2, 0) is 16.1 Å². The van der Waals surface area contributed by atoms with Crippen LogP contribution in [0.2, 0.25) is 0 Å². The number of hydrogen-bond donors (Lipinski definition) is 0. The first-order valence-electron chi connectivity index (χ1n) is 8.06. The summed E-state index contributed by atoms with van der Waals surface area (Å²) < 4.78 is 20.3. The lowest BCUT2D eigenvalue weighted by Gasteiger charge is -2.03. The molecule has 0 aliphatic rings. The lowest BCUT2D eigenvalue weighted by atomic mass is 10.1. The highest BCUT2D eigenvalue weighted by molar-refractivity contribution is 5.93. The van der Waals surface area contributed by atoms with E-state index in [1.54, 1.807) is 13.2 Å². The number of methoxy groups -OCH3 is 2. The van der Waals surface area contributed by atoms with Crippen molar-refractivity contribution >= 4 is 11.9 Å². The zero-order valence-corrected chi connectivity index (χ0v) is 14.8. The predicted molar refractivity (Wildman–Crippen MR) is 95.4 cm³/mol. The van der Waals surface area contributed by atoms with E-state index in [1.165, 1.54) is 31.4 Å². The second kappa shape index (κ2) is 8.18. The molecule has 3 rings (SSSR count). The molecule has 27 heavy (non-hydrogen) atoms. The van der Waals surface area contributed by atoms with Gasteiger partial charge in [-0.1, -0.05) is 17.3 Å². The van der Waals surface area contributed by atoms with Gasteiger partial charge in [0.25, 0.3) is 0 Å². The molecule has 0 fully saturated rings. The van der Waals surface area contributed by atoms with Crippen molar-refractivity contribution in [2.24, 2.45) is 0 Å². The van der Waals surface area contributed by atoms with Gasteiger partial charge in [0.15, 0.2) is 5.76 Å². The molecule has 0 amide bonds. The highest BCUT2D eigenvalue weighted by Gasteiger charge is 2.13. The van der Waals surface area contributed by atoms with Crippen molar-refractivity contribution in [3.63, 3.8) is 0 Å². The first kappa shape index (κ1) is 18.2. The Morgan fingerprint density at radius 1 is 0.963 bits per heavy atom. The Balaban J connectivity index is 1.62. The first-order chi connectivity index (χ1) is 13.1. The van der Waals surface area contributed by atoms with E-state index in [1.807, 2.05) is 24.3 Å². The topological polar surface area (TPSA) is 87.9 Å². The molecule has 0 unspecified atom stereocenters. The standard InChI is InChI=1S/C20H17NO6/c1-24-17-5-3-4-15(10-17)18-11-16(21-27-18)12-26-20(23)14-8-6-13(7-9-14)19(22)25-2/h3-11H,12H2,1-2H3. The molecule has 0 spiro atoms. The third kappa shape index (κ3) is 4.33. The van der Waals surface area contributed by atoms with Gasteiger partial charge < -0.3 is 18.7 Å². The number of hydrogen-bond acceptors (Lipinski definition) is 7. The molecule has 0 bridgehead atoms. The Bertz CT molecular complexity index is 945. The fourth-order valence-corrected chi connectivity index (χ4v) is 2.38. The van der Waals surface area contributed by atoms with Crippen LogP contribution < -0.4 is 4.74 Å². The molecule has 0 saturated heterocycles. The van der Waals surface area contributed by atoms with Gasteiger partial charge in [-0.2, -0.15) is 0 Å². The van der Waals surface area contributed by atoms with E-state index >= 15 is 0 Å². The maximum atomic E-state index is 12.1. The number of carbonyl (C=O) groups is 2. The average molecular weight is 367 g/mol. The summed E-state index contributed by atoms with van der Waals surface area (Å²) in [5.41, 5.74) is 1.96. The zero-order chi connectivity index (χ0) is 19.2. The molecule has 2 aromatic carbocycles.